The molecule has 0 saturated heterocycles. The summed E-state index contributed by atoms with van der Waals surface area (Å²) in [6, 6.07) is 8.88. The van der Waals surface area contributed by atoms with Crippen molar-refractivity contribution in [3.05, 3.63) is 59.2 Å². The minimum Gasteiger partial charge on any atom is -0.322 e. The van der Waals surface area contributed by atoms with E-state index in [0.29, 0.717) is 0 Å². The van der Waals surface area contributed by atoms with Gasteiger partial charge in [0.15, 0.2) is 0 Å². The third-order valence-corrected chi connectivity index (χ3v) is 3.65. The van der Waals surface area contributed by atoms with Gasteiger partial charge in [-0.05, 0) is 55.0 Å². The molecule has 1 aromatic heterocycles. The van der Waals surface area contributed by atoms with Gasteiger partial charge in [0.05, 0.1) is 5.56 Å². The molecule has 0 fully saturated rings. The zero-order valence-corrected chi connectivity index (χ0v) is 11.0. The lowest BCUT2D eigenvalue weighted by molar-refractivity contribution is 0.102. The summed E-state index contributed by atoms with van der Waals surface area (Å²) in [5, 5.41) is 2.81. The van der Waals surface area contributed by atoms with E-state index >= 15 is 0 Å². The Morgan fingerprint density at radius 2 is 2.00 bits per heavy atom. The molecule has 2 aromatic rings. The number of pyridine rings is 1. The number of fused-ring (bicyclic) bond motifs is 1. The molecule has 1 aliphatic rings. The van der Waals surface area contributed by atoms with Crippen molar-refractivity contribution in [3.8, 4) is 0 Å². The lowest BCUT2D eigenvalue weighted by atomic mass is 9.90. The quantitative estimate of drug-likeness (QED) is 0.850. The summed E-state index contributed by atoms with van der Waals surface area (Å²) in [4.78, 5) is 15.6. The van der Waals surface area contributed by atoms with Crippen LogP contribution >= 0.6 is 0 Å². The summed E-state index contributed by atoms with van der Waals surface area (Å²) in [6.07, 6.45) is 5.64. The third-order valence-electron chi connectivity index (χ3n) is 3.65. The highest BCUT2D eigenvalue weighted by Crippen LogP contribution is 2.28. The number of hydrogen-bond donors (Lipinski definition) is 1. The van der Waals surface area contributed by atoms with Gasteiger partial charge in [-0.15, -0.1) is 0 Å². The topological polar surface area (TPSA) is 42.0 Å². The Morgan fingerprint density at radius 1 is 1.15 bits per heavy atom. The van der Waals surface area contributed by atoms with Crippen LogP contribution < -0.4 is 5.32 Å². The first-order chi connectivity index (χ1) is 9.75. The highest BCUT2D eigenvalue weighted by Gasteiger charge is 2.17. The molecule has 0 radical (unpaired) electrons. The Labute approximate surface area is 116 Å². The van der Waals surface area contributed by atoms with E-state index in [1.807, 2.05) is 12.1 Å². The average molecular weight is 270 g/mol. The van der Waals surface area contributed by atoms with E-state index in [2.05, 4.69) is 16.4 Å². The van der Waals surface area contributed by atoms with Gasteiger partial charge in [0.25, 0.3) is 5.91 Å². The van der Waals surface area contributed by atoms with E-state index in [1.54, 1.807) is 6.07 Å². The van der Waals surface area contributed by atoms with E-state index < -0.39 is 11.9 Å². The maximum Gasteiger partial charge on any atom is 0.260 e. The average Bonchev–Trinajstić information content (AvgIpc) is 2.48. The molecule has 0 spiro atoms. The van der Waals surface area contributed by atoms with Gasteiger partial charge in [-0.1, -0.05) is 12.1 Å². The first-order valence-corrected chi connectivity index (χ1v) is 6.78. The van der Waals surface area contributed by atoms with Gasteiger partial charge in [-0.25, -0.2) is 4.98 Å². The molecular weight excluding hydrogens is 255 g/mol. The van der Waals surface area contributed by atoms with Crippen LogP contribution in [0, 0.1) is 5.95 Å². The maximum absolute atomic E-state index is 13.5. The van der Waals surface area contributed by atoms with Crippen LogP contribution in [-0.4, -0.2) is 10.9 Å². The summed E-state index contributed by atoms with van der Waals surface area (Å²) >= 11 is 0. The molecule has 102 valence electrons. The predicted octanol–water partition coefficient (Wildman–Crippen LogP) is 3.35. The number of anilines is 1. The number of halogens is 1. The lowest BCUT2D eigenvalue weighted by Gasteiger charge is -2.19. The van der Waals surface area contributed by atoms with Gasteiger partial charge in [-0.2, -0.15) is 4.39 Å². The van der Waals surface area contributed by atoms with Crippen LogP contribution in [0.4, 0.5) is 10.1 Å². The zero-order valence-electron chi connectivity index (χ0n) is 11.0. The van der Waals surface area contributed by atoms with Crippen LogP contribution in [0.2, 0.25) is 0 Å². The molecule has 1 aliphatic carbocycles. The smallest absolute Gasteiger partial charge is 0.260 e. The molecule has 4 heteroatoms. The minimum atomic E-state index is -0.741. The molecule has 1 heterocycles. The van der Waals surface area contributed by atoms with Crippen molar-refractivity contribution in [3.63, 3.8) is 0 Å². The van der Waals surface area contributed by atoms with Gasteiger partial charge in [0.2, 0.25) is 5.95 Å². The highest BCUT2D eigenvalue weighted by atomic mass is 19.1. The Bertz CT molecular complexity index is 655. The molecule has 3 rings (SSSR count). The van der Waals surface area contributed by atoms with E-state index in [4.69, 9.17) is 0 Å². The van der Waals surface area contributed by atoms with Crippen LogP contribution in [0.1, 0.15) is 34.3 Å². The second-order valence-corrected chi connectivity index (χ2v) is 4.95. The van der Waals surface area contributed by atoms with Crippen LogP contribution in [0.15, 0.2) is 36.5 Å². The Morgan fingerprint density at radius 3 is 2.85 bits per heavy atom. The van der Waals surface area contributed by atoms with E-state index in [0.717, 1.165) is 24.9 Å². The fourth-order valence-electron chi connectivity index (χ4n) is 2.64. The second-order valence-electron chi connectivity index (χ2n) is 4.95. The van der Waals surface area contributed by atoms with Gasteiger partial charge in [0.1, 0.15) is 0 Å². The zero-order chi connectivity index (χ0) is 13.9. The number of aryl methyl sites for hydroxylation is 1. The van der Waals surface area contributed by atoms with Crippen LogP contribution in [-0.2, 0) is 12.8 Å². The molecule has 0 unspecified atom stereocenters. The highest BCUT2D eigenvalue weighted by molar-refractivity contribution is 6.04. The summed E-state index contributed by atoms with van der Waals surface area (Å²) in [7, 11) is 0. The Kier molecular flexibility index (Phi) is 3.46. The molecule has 1 amide bonds. The van der Waals surface area contributed by atoms with Crippen molar-refractivity contribution >= 4 is 11.6 Å². The Balaban J connectivity index is 1.89. The summed E-state index contributed by atoms with van der Waals surface area (Å²) in [5.74, 6) is -1.19. The summed E-state index contributed by atoms with van der Waals surface area (Å²) in [6.45, 7) is 0. The fraction of sp³-hybridized carbons (Fsp3) is 0.250. The number of rotatable bonds is 2. The fourth-order valence-corrected chi connectivity index (χ4v) is 2.64. The van der Waals surface area contributed by atoms with Crippen molar-refractivity contribution < 1.29 is 9.18 Å². The number of aromatic nitrogens is 1. The standard InChI is InChI=1S/C16H15FN2O/c17-15-13(8-4-10-18-15)16(20)19-14-9-3-6-11-5-1-2-7-12(11)14/h3-4,6,8-10H,1-2,5,7H2,(H,19,20). The number of carbonyl (C=O) groups is 1. The molecule has 1 N–H and O–H groups in total. The number of amides is 1. The predicted molar refractivity (Wildman–Crippen MR) is 75.2 cm³/mol. The normalized spacial score (nSPS) is 13.7. The van der Waals surface area contributed by atoms with Gasteiger partial charge < -0.3 is 5.32 Å². The monoisotopic (exact) mass is 270 g/mol. The summed E-state index contributed by atoms with van der Waals surface area (Å²) < 4.78 is 13.5. The summed E-state index contributed by atoms with van der Waals surface area (Å²) in [5.41, 5.74) is 3.22. The van der Waals surface area contributed by atoms with Crippen LogP contribution in [0.5, 0.6) is 0 Å². The largest absolute Gasteiger partial charge is 0.322 e. The maximum atomic E-state index is 13.5. The minimum absolute atomic E-state index is 0.0269. The number of hydrogen-bond acceptors (Lipinski definition) is 2. The van der Waals surface area contributed by atoms with Crippen molar-refractivity contribution in [2.24, 2.45) is 0 Å². The second kappa shape index (κ2) is 5.41. The van der Waals surface area contributed by atoms with E-state index in [9.17, 15) is 9.18 Å². The van der Waals surface area contributed by atoms with E-state index in [-0.39, 0.29) is 5.56 Å². The first kappa shape index (κ1) is 12.8. The van der Waals surface area contributed by atoms with Crippen molar-refractivity contribution in [2.75, 3.05) is 5.32 Å². The van der Waals surface area contributed by atoms with Gasteiger partial charge in [0, 0.05) is 11.9 Å². The SMILES string of the molecule is O=C(Nc1cccc2c1CCCC2)c1cccnc1F. The van der Waals surface area contributed by atoms with Crippen molar-refractivity contribution in [1.29, 1.82) is 0 Å². The molecule has 3 nitrogen and oxygen atoms in total. The van der Waals surface area contributed by atoms with E-state index in [1.165, 1.54) is 29.8 Å². The van der Waals surface area contributed by atoms with Crippen molar-refractivity contribution in [2.45, 2.75) is 25.7 Å². The van der Waals surface area contributed by atoms with Gasteiger partial charge in [-0.3, -0.25) is 4.79 Å². The number of benzene rings is 1. The van der Waals surface area contributed by atoms with Crippen molar-refractivity contribution in [1.82, 2.24) is 4.98 Å². The number of carbonyl (C=O) groups excluding carboxylic acids is 1. The molecule has 0 atom stereocenters. The first-order valence-electron chi connectivity index (χ1n) is 6.78. The van der Waals surface area contributed by atoms with Gasteiger partial charge >= 0.3 is 0 Å². The molecule has 0 bridgehead atoms. The third kappa shape index (κ3) is 2.41. The number of nitrogens with zero attached hydrogens (tertiary/aromatic N) is 1. The van der Waals surface area contributed by atoms with Crippen LogP contribution in [0.25, 0.3) is 0 Å². The van der Waals surface area contributed by atoms with Crippen LogP contribution in [0.3, 0.4) is 0 Å². The number of nitrogens with one attached hydrogen (secondary N) is 1. The Hall–Kier alpha value is -2.23. The molecule has 0 aliphatic heterocycles. The molecular formula is C16H15FN2O. The molecule has 0 saturated carbocycles. The molecule has 1 aromatic carbocycles. The molecule has 20 heavy (non-hydrogen) atoms. The lowest BCUT2D eigenvalue weighted by Crippen LogP contribution is -2.17.